The van der Waals surface area contributed by atoms with E-state index < -0.39 is 0 Å². The molecule has 102 valence electrons. The van der Waals surface area contributed by atoms with Gasteiger partial charge in [0.25, 0.3) is 5.91 Å². The Kier molecular flexibility index (Phi) is 4.36. The topological polar surface area (TPSA) is 29.1 Å². The molecule has 0 saturated heterocycles. The summed E-state index contributed by atoms with van der Waals surface area (Å²) in [7, 11) is 0. The number of rotatable bonds is 3. The zero-order valence-electron chi connectivity index (χ0n) is 12.1. The maximum Gasteiger partial charge on any atom is 0.251 e. The van der Waals surface area contributed by atoms with Crippen LogP contribution in [0.2, 0.25) is 0 Å². The lowest BCUT2D eigenvalue weighted by molar-refractivity contribution is -0.112. The van der Waals surface area contributed by atoms with Crippen LogP contribution >= 0.6 is 0 Å². The average Bonchev–Trinajstić information content (AvgIpc) is 2.44. The van der Waals surface area contributed by atoms with Crippen molar-refractivity contribution in [1.82, 2.24) is 0 Å². The molecular weight excluding hydrogens is 246 g/mol. The van der Waals surface area contributed by atoms with Crippen molar-refractivity contribution >= 4 is 17.7 Å². The van der Waals surface area contributed by atoms with Crippen molar-refractivity contribution < 1.29 is 4.79 Å². The van der Waals surface area contributed by atoms with Crippen LogP contribution in [0.25, 0.3) is 6.08 Å². The highest BCUT2D eigenvalue weighted by Crippen LogP contribution is 2.20. The lowest BCUT2D eigenvalue weighted by atomic mass is 10.1. The molecule has 0 atom stereocenters. The zero-order valence-corrected chi connectivity index (χ0v) is 12.1. The summed E-state index contributed by atoms with van der Waals surface area (Å²) in [5.74, 6) is -0.0637. The molecule has 2 aromatic carbocycles. The van der Waals surface area contributed by atoms with E-state index in [0.717, 1.165) is 22.4 Å². The van der Waals surface area contributed by atoms with E-state index in [0.29, 0.717) is 5.57 Å². The van der Waals surface area contributed by atoms with Gasteiger partial charge in [-0.3, -0.25) is 4.79 Å². The van der Waals surface area contributed by atoms with Crippen LogP contribution in [0.3, 0.4) is 0 Å². The van der Waals surface area contributed by atoms with Gasteiger partial charge in [-0.25, -0.2) is 0 Å². The van der Waals surface area contributed by atoms with E-state index in [1.807, 2.05) is 75.4 Å². The second-order valence-electron chi connectivity index (χ2n) is 4.96. The van der Waals surface area contributed by atoms with Gasteiger partial charge >= 0.3 is 0 Å². The minimum absolute atomic E-state index is 0.0637. The van der Waals surface area contributed by atoms with E-state index in [1.165, 1.54) is 0 Å². The second kappa shape index (κ2) is 6.20. The van der Waals surface area contributed by atoms with Crippen molar-refractivity contribution in [1.29, 1.82) is 0 Å². The van der Waals surface area contributed by atoms with E-state index in [-0.39, 0.29) is 5.91 Å². The molecule has 0 aliphatic heterocycles. The van der Waals surface area contributed by atoms with Crippen molar-refractivity contribution in [3.05, 3.63) is 70.8 Å². The van der Waals surface area contributed by atoms with E-state index in [4.69, 9.17) is 0 Å². The van der Waals surface area contributed by atoms with Gasteiger partial charge in [0, 0.05) is 11.3 Å². The summed E-state index contributed by atoms with van der Waals surface area (Å²) in [6, 6.07) is 15.8. The molecule has 0 bridgehead atoms. The molecule has 0 saturated carbocycles. The second-order valence-corrected chi connectivity index (χ2v) is 4.96. The number of carbonyl (C=O) groups is 1. The summed E-state index contributed by atoms with van der Waals surface area (Å²) < 4.78 is 0. The predicted molar refractivity (Wildman–Crippen MR) is 84.6 cm³/mol. The third-order valence-corrected chi connectivity index (χ3v) is 3.26. The lowest BCUT2D eigenvalue weighted by Gasteiger charge is -2.11. The molecule has 20 heavy (non-hydrogen) atoms. The number of benzene rings is 2. The van der Waals surface area contributed by atoms with E-state index in [9.17, 15) is 4.79 Å². The van der Waals surface area contributed by atoms with Crippen molar-refractivity contribution in [2.45, 2.75) is 20.8 Å². The van der Waals surface area contributed by atoms with Gasteiger partial charge in [-0.15, -0.1) is 0 Å². The summed E-state index contributed by atoms with van der Waals surface area (Å²) in [6.07, 6.45) is 1.89. The van der Waals surface area contributed by atoms with E-state index >= 15 is 0 Å². The van der Waals surface area contributed by atoms with Crippen LogP contribution < -0.4 is 5.32 Å². The molecule has 0 aliphatic carbocycles. The highest BCUT2D eigenvalue weighted by atomic mass is 16.1. The van der Waals surface area contributed by atoms with Gasteiger partial charge in [0.1, 0.15) is 0 Å². The number of hydrogen-bond donors (Lipinski definition) is 1. The normalized spacial score (nSPS) is 11.2. The minimum atomic E-state index is -0.0637. The predicted octanol–water partition coefficient (Wildman–Crippen LogP) is 4.35. The Balaban J connectivity index is 2.18. The first-order valence-corrected chi connectivity index (χ1v) is 6.69. The first-order chi connectivity index (χ1) is 9.58. The van der Waals surface area contributed by atoms with E-state index in [2.05, 4.69) is 5.32 Å². The monoisotopic (exact) mass is 265 g/mol. The molecule has 0 fully saturated rings. The highest BCUT2D eigenvalue weighted by molar-refractivity contribution is 6.06. The lowest BCUT2D eigenvalue weighted by Crippen LogP contribution is -2.14. The van der Waals surface area contributed by atoms with Gasteiger partial charge < -0.3 is 5.32 Å². The molecule has 1 N–H and O–H groups in total. The Labute approximate surface area is 120 Å². The number of carbonyl (C=O) groups excluding carboxylic acids is 1. The van der Waals surface area contributed by atoms with Crippen molar-refractivity contribution in [3.8, 4) is 0 Å². The molecule has 0 spiro atoms. The van der Waals surface area contributed by atoms with Crippen LogP contribution in [0, 0.1) is 13.8 Å². The number of amides is 1. The smallest absolute Gasteiger partial charge is 0.251 e. The Morgan fingerprint density at radius 3 is 2.15 bits per heavy atom. The molecular formula is C18H19NO. The van der Waals surface area contributed by atoms with Gasteiger partial charge in [-0.05, 0) is 43.5 Å². The largest absolute Gasteiger partial charge is 0.322 e. The molecule has 0 unspecified atom stereocenters. The average molecular weight is 265 g/mol. The summed E-state index contributed by atoms with van der Waals surface area (Å²) in [6.45, 7) is 5.83. The summed E-state index contributed by atoms with van der Waals surface area (Å²) >= 11 is 0. The van der Waals surface area contributed by atoms with Crippen LogP contribution in [0.15, 0.2) is 54.1 Å². The fourth-order valence-corrected chi connectivity index (χ4v) is 2.09. The van der Waals surface area contributed by atoms with Crippen LogP contribution in [0.5, 0.6) is 0 Å². The number of para-hydroxylation sites is 1. The molecule has 0 aliphatic rings. The standard InChI is InChI=1S/C18H19NO/c1-13-8-7-9-14(2)17(13)19-18(20)15(3)12-16-10-5-4-6-11-16/h4-12H,1-3H3,(H,19,20)/b15-12+. The summed E-state index contributed by atoms with van der Waals surface area (Å²) in [4.78, 5) is 12.2. The molecule has 2 rings (SSSR count). The van der Waals surface area contributed by atoms with Crippen molar-refractivity contribution in [2.75, 3.05) is 5.32 Å². The molecule has 0 heterocycles. The van der Waals surface area contributed by atoms with Gasteiger partial charge in [0.15, 0.2) is 0 Å². The first kappa shape index (κ1) is 14.1. The fourth-order valence-electron chi connectivity index (χ4n) is 2.09. The minimum Gasteiger partial charge on any atom is -0.322 e. The third-order valence-electron chi connectivity index (χ3n) is 3.26. The molecule has 1 amide bonds. The van der Waals surface area contributed by atoms with Gasteiger partial charge in [0.05, 0.1) is 0 Å². The zero-order chi connectivity index (χ0) is 14.5. The maximum atomic E-state index is 12.2. The quantitative estimate of drug-likeness (QED) is 0.821. The number of nitrogens with one attached hydrogen (secondary N) is 1. The third kappa shape index (κ3) is 3.35. The molecule has 2 nitrogen and oxygen atoms in total. The van der Waals surface area contributed by atoms with Crippen molar-refractivity contribution in [2.24, 2.45) is 0 Å². The molecule has 0 radical (unpaired) electrons. The van der Waals surface area contributed by atoms with Crippen molar-refractivity contribution in [3.63, 3.8) is 0 Å². The SMILES string of the molecule is C/C(=C\c1ccccc1)C(=O)Nc1c(C)cccc1C. The first-order valence-electron chi connectivity index (χ1n) is 6.69. The Morgan fingerprint density at radius 2 is 1.55 bits per heavy atom. The number of aryl methyl sites for hydroxylation is 2. The van der Waals surface area contributed by atoms with Gasteiger partial charge in [-0.2, -0.15) is 0 Å². The maximum absolute atomic E-state index is 12.2. The van der Waals surface area contributed by atoms with Crippen LogP contribution in [-0.4, -0.2) is 5.91 Å². The summed E-state index contributed by atoms with van der Waals surface area (Å²) in [5, 5.41) is 2.99. The van der Waals surface area contributed by atoms with Gasteiger partial charge in [-0.1, -0.05) is 48.5 Å². The number of anilines is 1. The molecule has 2 aromatic rings. The fraction of sp³-hybridized carbons (Fsp3) is 0.167. The van der Waals surface area contributed by atoms with E-state index in [1.54, 1.807) is 0 Å². The summed E-state index contributed by atoms with van der Waals surface area (Å²) in [5.41, 5.74) is 4.77. The Morgan fingerprint density at radius 1 is 0.950 bits per heavy atom. The van der Waals surface area contributed by atoms with Crippen LogP contribution in [0.1, 0.15) is 23.6 Å². The molecule has 0 aromatic heterocycles. The Bertz CT molecular complexity index is 621. The van der Waals surface area contributed by atoms with Crippen LogP contribution in [0.4, 0.5) is 5.69 Å². The van der Waals surface area contributed by atoms with Gasteiger partial charge in [0.2, 0.25) is 0 Å². The number of hydrogen-bond acceptors (Lipinski definition) is 1. The highest BCUT2D eigenvalue weighted by Gasteiger charge is 2.08. The van der Waals surface area contributed by atoms with Crippen LogP contribution in [-0.2, 0) is 4.79 Å². The molecule has 2 heteroatoms. The Hall–Kier alpha value is -2.35.